The number of nitrogens with one attached hydrogen (secondary N) is 2. The molecule has 0 unspecified atom stereocenters. The Hall–Kier alpha value is -0.610. The average Bonchev–Trinajstić information content (AvgIpc) is 2.06. The second-order valence-corrected chi connectivity index (χ2v) is 3.14. The van der Waals surface area contributed by atoms with Crippen molar-refractivity contribution in [2.75, 3.05) is 19.6 Å². The highest BCUT2D eigenvalue weighted by molar-refractivity contribution is 5.84. The van der Waals surface area contributed by atoms with E-state index in [1.807, 2.05) is 6.92 Å². The van der Waals surface area contributed by atoms with Crippen LogP contribution in [0.5, 0.6) is 0 Å². The van der Waals surface area contributed by atoms with Gasteiger partial charge in [0.15, 0.2) is 0 Å². The number of carbonyl (C=O) groups excluding carboxylic acids is 1. The molecule has 4 nitrogen and oxygen atoms in total. The molecule has 0 aromatic rings. The Morgan fingerprint density at radius 1 is 1.58 bits per heavy atom. The monoisotopic (exact) mass is 172 g/mol. The average molecular weight is 172 g/mol. The second kappa shape index (κ2) is 3.87. The number of carbonyl (C=O) groups is 1. The van der Waals surface area contributed by atoms with E-state index in [1.54, 1.807) is 0 Å². The fourth-order valence-corrected chi connectivity index (χ4v) is 1.39. The molecule has 1 rings (SSSR count). The zero-order valence-corrected chi connectivity index (χ0v) is 7.39. The van der Waals surface area contributed by atoms with E-state index in [0.29, 0.717) is 32.5 Å². The summed E-state index contributed by atoms with van der Waals surface area (Å²) >= 11 is 0. The molecular weight excluding hydrogens is 156 g/mol. The Bertz CT molecular complexity index is 164. The van der Waals surface area contributed by atoms with E-state index in [0.717, 1.165) is 0 Å². The van der Waals surface area contributed by atoms with Gasteiger partial charge in [0.25, 0.3) is 5.91 Å². The summed E-state index contributed by atoms with van der Waals surface area (Å²) in [5.74, 6) is -0.230. The molecule has 0 saturated carbocycles. The molecule has 70 valence electrons. The van der Waals surface area contributed by atoms with Gasteiger partial charge in [0.2, 0.25) is 0 Å². The highest BCUT2D eigenvalue weighted by Crippen LogP contribution is 2.17. The first kappa shape index (κ1) is 9.48. The molecule has 1 aliphatic rings. The molecule has 1 aliphatic heterocycles. The van der Waals surface area contributed by atoms with Crippen LogP contribution in [0, 0.1) is 0 Å². The minimum Gasteiger partial charge on any atom is -0.380 e. The first-order chi connectivity index (χ1) is 5.69. The maximum absolute atomic E-state index is 11.3. The molecule has 1 amide bonds. The van der Waals surface area contributed by atoms with Gasteiger partial charge in [-0.1, -0.05) is 0 Å². The maximum atomic E-state index is 11.3. The first-order valence-electron chi connectivity index (χ1n) is 4.40. The van der Waals surface area contributed by atoms with Crippen molar-refractivity contribution in [2.45, 2.75) is 25.4 Å². The molecule has 1 saturated heterocycles. The van der Waals surface area contributed by atoms with E-state index in [1.165, 1.54) is 0 Å². The smallest absolute Gasteiger partial charge is 0.252 e. The van der Waals surface area contributed by atoms with E-state index < -0.39 is 5.60 Å². The second-order valence-electron chi connectivity index (χ2n) is 3.14. The third-order valence-electron chi connectivity index (χ3n) is 2.19. The van der Waals surface area contributed by atoms with Crippen LogP contribution >= 0.6 is 0 Å². The number of piperidine rings is 1. The standard InChI is InChI=1S/C8H16N2O2/c1-2-10-7(11)8(12)3-5-9-6-4-8/h9,12H,2-6H2,1H3,(H,10,11). The van der Waals surface area contributed by atoms with Crippen molar-refractivity contribution in [2.24, 2.45) is 0 Å². The highest BCUT2D eigenvalue weighted by Gasteiger charge is 2.36. The number of hydrogen-bond donors (Lipinski definition) is 3. The maximum Gasteiger partial charge on any atom is 0.252 e. The van der Waals surface area contributed by atoms with Crippen LogP contribution in [0.3, 0.4) is 0 Å². The fraction of sp³-hybridized carbons (Fsp3) is 0.875. The van der Waals surface area contributed by atoms with Crippen molar-refractivity contribution in [3.8, 4) is 0 Å². The van der Waals surface area contributed by atoms with Gasteiger partial charge in [0.1, 0.15) is 5.60 Å². The van der Waals surface area contributed by atoms with E-state index in [4.69, 9.17) is 0 Å². The number of likely N-dealkylation sites (N-methyl/N-ethyl adjacent to an activating group) is 1. The number of rotatable bonds is 2. The van der Waals surface area contributed by atoms with Gasteiger partial charge in [-0.05, 0) is 32.9 Å². The predicted molar refractivity (Wildman–Crippen MR) is 45.7 cm³/mol. The third-order valence-corrected chi connectivity index (χ3v) is 2.19. The summed E-state index contributed by atoms with van der Waals surface area (Å²) in [6.07, 6.45) is 1.03. The molecule has 0 aromatic heterocycles. The van der Waals surface area contributed by atoms with Gasteiger partial charge < -0.3 is 15.7 Å². The lowest BCUT2D eigenvalue weighted by molar-refractivity contribution is -0.142. The summed E-state index contributed by atoms with van der Waals surface area (Å²) in [5, 5.41) is 15.6. The zero-order chi connectivity index (χ0) is 9.03. The van der Waals surface area contributed by atoms with Crippen LogP contribution in [0.15, 0.2) is 0 Å². The van der Waals surface area contributed by atoms with Crippen LogP contribution < -0.4 is 10.6 Å². The van der Waals surface area contributed by atoms with Crippen molar-refractivity contribution >= 4 is 5.91 Å². The topological polar surface area (TPSA) is 61.4 Å². The number of hydrogen-bond acceptors (Lipinski definition) is 3. The molecule has 1 heterocycles. The van der Waals surface area contributed by atoms with Gasteiger partial charge in [-0.25, -0.2) is 0 Å². The lowest BCUT2D eigenvalue weighted by atomic mass is 9.91. The Morgan fingerprint density at radius 2 is 2.17 bits per heavy atom. The minimum absolute atomic E-state index is 0.230. The van der Waals surface area contributed by atoms with Crippen LogP contribution in [-0.4, -0.2) is 36.2 Å². The minimum atomic E-state index is -1.12. The van der Waals surface area contributed by atoms with Crippen molar-refractivity contribution in [3.05, 3.63) is 0 Å². The van der Waals surface area contributed by atoms with Gasteiger partial charge in [-0.3, -0.25) is 4.79 Å². The zero-order valence-electron chi connectivity index (χ0n) is 7.39. The molecule has 0 aliphatic carbocycles. The molecule has 1 fully saturated rings. The van der Waals surface area contributed by atoms with Crippen molar-refractivity contribution in [1.29, 1.82) is 0 Å². The number of amides is 1. The molecule has 0 radical (unpaired) electrons. The number of aliphatic hydroxyl groups is 1. The predicted octanol–water partition coefficient (Wildman–Crippen LogP) is -0.763. The largest absolute Gasteiger partial charge is 0.380 e. The SMILES string of the molecule is CCNC(=O)C1(O)CCNCC1. The first-order valence-corrected chi connectivity index (χ1v) is 4.40. The van der Waals surface area contributed by atoms with Gasteiger partial charge in [0.05, 0.1) is 0 Å². The Labute approximate surface area is 72.3 Å². The molecule has 12 heavy (non-hydrogen) atoms. The molecule has 0 bridgehead atoms. The van der Waals surface area contributed by atoms with Crippen LogP contribution in [-0.2, 0) is 4.79 Å². The Balaban J connectivity index is 2.50. The quantitative estimate of drug-likeness (QED) is 0.513. The van der Waals surface area contributed by atoms with Crippen LogP contribution in [0.2, 0.25) is 0 Å². The van der Waals surface area contributed by atoms with Gasteiger partial charge in [-0.15, -0.1) is 0 Å². The van der Waals surface area contributed by atoms with Crippen molar-refractivity contribution in [1.82, 2.24) is 10.6 Å². The Morgan fingerprint density at radius 3 is 2.67 bits per heavy atom. The normalized spacial score (nSPS) is 21.8. The van der Waals surface area contributed by atoms with E-state index in [9.17, 15) is 9.90 Å². The van der Waals surface area contributed by atoms with E-state index >= 15 is 0 Å². The fourth-order valence-electron chi connectivity index (χ4n) is 1.39. The van der Waals surface area contributed by atoms with Gasteiger partial charge in [-0.2, -0.15) is 0 Å². The van der Waals surface area contributed by atoms with Gasteiger partial charge in [0, 0.05) is 6.54 Å². The summed E-state index contributed by atoms with van der Waals surface area (Å²) in [4.78, 5) is 11.3. The van der Waals surface area contributed by atoms with Crippen LogP contribution in [0.4, 0.5) is 0 Å². The van der Waals surface area contributed by atoms with Crippen molar-refractivity contribution in [3.63, 3.8) is 0 Å². The molecule has 4 heteroatoms. The lowest BCUT2D eigenvalue weighted by Gasteiger charge is -2.30. The molecular formula is C8H16N2O2. The summed E-state index contributed by atoms with van der Waals surface area (Å²) in [7, 11) is 0. The Kier molecular flexibility index (Phi) is 3.05. The third kappa shape index (κ3) is 1.95. The van der Waals surface area contributed by atoms with E-state index in [2.05, 4.69) is 10.6 Å². The molecule has 0 aromatic carbocycles. The molecule has 0 spiro atoms. The van der Waals surface area contributed by atoms with E-state index in [-0.39, 0.29) is 5.91 Å². The highest BCUT2D eigenvalue weighted by atomic mass is 16.3. The summed E-state index contributed by atoms with van der Waals surface area (Å²) < 4.78 is 0. The van der Waals surface area contributed by atoms with Crippen molar-refractivity contribution < 1.29 is 9.90 Å². The van der Waals surface area contributed by atoms with Crippen LogP contribution in [0.1, 0.15) is 19.8 Å². The summed E-state index contributed by atoms with van der Waals surface area (Å²) in [6.45, 7) is 3.86. The lowest BCUT2D eigenvalue weighted by Crippen LogP contribution is -2.52. The summed E-state index contributed by atoms with van der Waals surface area (Å²) in [6, 6.07) is 0. The molecule has 3 N–H and O–H groups in total. The van der Waals surface area contributed by atoms with Gasteiger partial charge >= 0.3 is 0 Å². The van der Waals surface area contributed by atoms with Crippen LogP contribution in [0.25, 0.3) is 0 Å². The molecule has 0 atom stereocenters. The summed E-state index contributed by atoms with van der Waals surface area (Å²) in [5.41, 5.74) is -1.12.